The first kappa shape index (κ1) is 12.7. The molecular weight excluding hydrogens is 252 g/mol. The zero-order chi connectivity index (χ0) is 14.1. The van der Waals surface area contributed by atoms with Crippen LogP contribution in [0.3, 0.4) is 0 Å². The summed E-state index contributed by atoms with van der Waals surface area (Å²) < 4.78 is 7.24. The SMILES string of the molecule is Cc1ccc(-n2nc(C3CCCO3)c(C#N)c2N)cc1. The highest BCUT2D eigenvalue weighted by Crippen LogP contribution is 2.33. The average molecular weight is 268 g/mol. The van der Waals surface area contributed by atoms with E-state index >= 15 is 0 Å². The first-order valence-corrected chi connectivity index (χ1v) is 6.68. The summed E-state index contributed by atoms with van der Waals surface area (Å²) in [5.74, 6) is 0.377. The predicted molar refractivity (Wildman–Crippen MR) is 75.4 cm³/mol. The van der Waals surface area contributed by atoms with Crippen LogP contribution in [0.5, 0.6) is 0 Å². The van der Waals surface area contributed by atoms with Gasteiger partial charge in [-0.2, -0.15) is 10.4 Å². The van der Waals surface area contributed by atoms with E-state index in [9.17, 15) is 5.26 Å². The Bertz CT molecular complexity index is 660. The largest absolute Gasteiger partial charge is 0.382 e. The second-order valence-corrected chi connectivity index (χ2v) is 5.01. The molecule has 1 unspecified atom stereocenters. The van der Waals surface area contributed by atoms with Crippen LogP contribution in [0.2, 0.25) is 0 Å². The third kappa shape index (κ3) is 2.04. The minimum Gasteiger partial charge on any atom is -0.382 e. The van der Waals surface area contributed by atoms with Crippen LogP contribution < -0.4 is 5.73 Å². The van der Waals surface area contributed by atoms with Crippen LogP contribution in [0.15, 0.2) is 24.3 Å². The van der Waals surface area contributed by atoms with Gasteiger partial charge in [-0.05, 0) is 31.9 Å². The van der Waals surface area contributed by atoms with Gasteiger partial charge in [0.25, 0.3) is 0 Å². The van der Waals surface area contributed by atoms with Crippen molar-refractivity contribution in [2.75, 3.05) is 12.3 Å². The summed E-state index contributed by atoms with van der Waals surface area (Å²) in [6.07, 6.45) is 1.77. The van der Waals surface area contributed by atoms with Crippen LogP contribution in [0, 0.1) is 18.3 Å². The lowest BCUT2D eigenvalue weighted by Crippen LogP contribution is -2.03. The molecule has 3 rings (SSSR count). The van der Waals surface area contributed by atoms with Crippen molar-refractivity contribution < 1.29 is 4.74 Å². The van der Waals surface area contributed by atoms with Gasteiger partial charge in [0, 0.05) is 6.61 Å². The predicted octanol–water partition coefficient (Wildman–Crippen LogP) is 2.49. The summed E-state index contributed by atoms with van der Waals surface area (Å²) >= 11 is 0. The van der Waals surface area contributed by atoms with Crippen molar-refractivity contribution in [3.05, 3.63) is 41.1 Å². The van der Waals surface area contributed by atoms with Crippen molar-refractivity contribution in [1.29, 1.82) is 5.26 Å². The molecule has 2 heterocycles. The molecule has 2 N–H and O–H groups in total. The van der Waals surface area contributed by atoms with E-state index in [1.807, 2.05) is 31.2 Å². The second-order valence-electron chi connectivity index (χ2n) is 5.01. The number of aromatic nitrogens is 2. The van der Waals surface area contributed by atoms with Crippen molar-refractivity contribution in [3.8, 4) is 11.8 Å². The molecule has 0 bridgehead atoms. The molecule has 5 nitrogen and oxygen atoms in total. The first-order valence-electron chi connectivity index (χ1n) is 6.68. The number of aryl methyl sites for hydroxylation is 1. The number of nitriles is 1. The van der Waals surface area contributed by atoms with Gasteiger partial charge in [0.1, 0.15) is 29.2 Å². The lowest BCUT2D eigenvalue weighted by molar-refractivity contribution is 0.108. The summed E-state index contributed by atoms with van der Waals surface area (Å²) in [7, 11) is 0. The molecule has 1 aromatic carbocycles. The van der Waals surface area contributed by atoms with E-state index in [-0.39, 0.29) is 6.10 Å². The number of ether oxygens (including phenoxy) is 1. The molecule has 2 aromatic rings. The van der Waals surface area contributed by atoms with Crippen molar-refractivity contribution in [1.82, 2.24) is 9.78 Å². The van der Waals surface area contributed by atoms with Crippen molar-refractivity contribution in [2.24, 2.45) is 0 Å². The fourth-order valence-corrected chi connectivity index (χ4v) is 2.46. The summed E-state index contributed by atoms with van der Waals surface area (Å²) in [6.45, 7) is 2.74. The van der Waals surface area contributed by atoms with Gasteiger partial charge in [-0.3, -0.25) is 0 Å². The van der Waals surface area contributed by atoms with Crippen LogP contribution >= 0.6 is 0 Å². The molecular formula is C15H16N4O. The molecule has 1 aromatic heterocycles. The molecule has 5 heteroatoms. The van der Waals surface area contributed by atoms with E-state index in [1.54, 1.807) is 4.68 Å². The van der Waals surface area contributed by atoms with Crippen LogP contribution in [0.4, 0.5) is 5.82 Å². The maximum absolute atomic E-state index is 9.33. The third-order valence-corrected chi connectivity index (χ3v) is 3.57. The molecule has 1 fully saturated rings. The van der Waals surface area contributed by atoms with Gasteiger partial charge in [0.15, 0.2) is 0 Å². The summed E-state index contributed by atoms with van der Waals surface area (Å²) in [5.41, 5.74) is 9.18. The third-order valence-electron chi connectivity index (χ3n) is 3.57. The Kier molecular flexibility index (Phi) is 3.17. The normalized spacial score (nSPS) is 18.1. The number of hydrogen-bond acceptors (Lipinski definition) is 4. The average Bonchev–Trinajstić information content (AvgIpc) is 3.07. The van der Waals surface area contributed by atoms with E-state index in [4.69, 9.17) is 10.5 Å². The van der Waals surface area contributed by atoms with Gasteiger partial charge < -0.3 is 10.5 Å². The highest BCUT2D eigenvalue weighted by Gasteiger charge is 2.27. The fourth-order valence-electron chi connectivity index (χ4n) is 2.46. The van der Waals surface area contributed by atoms with E-state index in [0.717, 1.165) is 18.5 Å². The minimum absolute atomic E-state index is 0.112. The van der Waals surface area contributed by atoms with Crippen LogP contribution in [-0.2, 0) is 4.74 Å². The standard InChI is InChI=1S/C15H16N4O/c1-10-4-6-11(7-5-10)19-15(17)12(9-16)14(18-19)13-3-2-8-20-13/h4-7,13H,2-3,8,17H2,1H3. The van der Waals surface area contributed by atoms with Crippen LogP contribution in [-0.4, -0.2) is 16.4 Å². The molecule has 0 amide bonds. The molecule has 1 aliphatic rings. The van der Waals surface area contributed by atoms with Crippen molar-refractivity contribution in [3.63, 3.8) is 0 Å². The van der Waals surface area contributed by atoms with Gasteiger partial charge in [-0.1, -0.05) is 17.7 Å². The Balaban J connectivity index is 2.08. The number of hydrogen-bond donors (Lipinski definition) is 1. The zero-order valence-corrected chi connectivity index (χ0v) is 11.3. The highest BCUT2D eigenvalue weighted by atomic mass is 16.5. The number of nitrogens with two attached hydrogens (primary N) is 1. The molecule has 0 radical (unpaired) electrons. The minimum atomic E-state index is -0.112. The van der Waals surface area contributed by atoms with E-state index in [2.05, 4.69) is 11.2 Å². The van der Waals surface area contributed by atoms with Gasteiger partial charge in [-0.15, -0.1) is 0 Å². The van der Waals surface area contributed by atoms with Gasteiger partial charge in [0.05, 0.1) is 5.69 Å². The van der Waals surface area contributed by atoms with E-state index in [0.29, 0.717) is 23.7 Å². The Hall–Kier alpha value is -2.32. The quantitative estimate of drug-likeness (QED) is 0.907. The molecule has 0 spiro atoms. The number of anilines is 1. The number of nitrogen functional groups attached to an aromatic ring is 1. The summed E-state index contributed by atoms with van der Waals surface area (Å²) in [4.78, 5) is 0. The lowest BCUT2D eigenvalue weighted by Gasteiger charge is -2.05. The first-order chi connectivity index (χ1) is 9.70. The van der Waals surface area contributed by atoms with Crippen molar-refractivity contribution >= 4 is 5.82 Å². The fraction of sp³-hybridized carbons (Fsp3) is 0.333. The smallest absolute Gasteiger partial charge is 0.145 e. The maximum atomic E-state index is 9.33. The maximum Gasteiger partial charge on any atom is 0.145 e. The zero-order valence-electron chi connectivity index (χ0n) is 11.3. The topological polar surface area (TPSA) is 76.9 Å². The summed E-state index contributed by atoms with van der Waals surface area (Å²) in [5, 5.41) is 13.8. The number of nitrogens with zero attached hydrogens (tertiary/aromatic N) is 3. The monoisotopic (exact) mass is 268 g/mol. The Morgan fingerprint density at radius 3 is 2.75 bits per heavy atom. The van der Waals surface area contributed by atoms with Crippen LogP contribution in [0.1, 0.15) is 35.8 Å². The summed E-state index contributed by atoms with van der Waals surface area (Å²) in [6, 6.07) is 10.0. The Labute approximate surface area is 117 Å². The van der Waals surface area contributed by atoms with E-state index in [1.165, 1.54) is 5.56 Å². The highest BCUT2D eigenvalue weighted by molar-refractivity contribution is 5.57. The van der Waals surface area contributed by atoms with Gasteiger partial charge >= 0.3 is 0 Å². The van der Waals surface area contributed by atoms with Gasteiger partial charge in [0.2, 0.25) is 0 Å². The Morgan fingerprint density at radius 1 is 1.40 bits per heavy atom. The second kappa shape index (κ2) is 4.99. The molecule has 0 aliphatic carbocycles. The molecule has 1 aliphatic heterocycles. The molecule has 0 saturated carbocycles. The number of benzene rings is 1. The van der Waals surface area contributed by atoms with Gasteiger partial charge in [-0.25, -0.2) is 4.68 Å². The molecule has 102 valence electrons. The molecule has 1 saturated heterocycles. The number of rotatable bonds is 2. The molecule has 1 atom stereocenters. The van der Waals surface area contributed by atoms with E-state index < -0.39 is 0 Å². The van der Waals surface area contributed by atoms with Crippen LogP contribution in [0.25, 0.3) is 5.69 Å². The molecule has 20 heavy (non-hydrogen) atoms. The van der Waals surface area contributed by atoms with Crippen molar-refractivity contribution in [2.45, 2.75) is 25.9 Å². The Morgan fingerprint density at radius 2 is 2.15 bits per heavy atom. The lowest BCUT2D eigenvalue weighted by atomic mass is 10.1.